The van der Waals surface area contributed by atoms with Crippen LogP contribution in [0.15, 0.2) is 6.20 Å². The highest BCUT2D eigenvalue weighted by Crippen LogP contribution is 2.46. The Bertz CT molecular complexity index is 1510. The lowest BCUT2D eigenvalue weighted by molar-refractivity contribution is -0.378. The summed E-state index contributed by atoms with van der Waals surface area (Å²) in [4.78, 5) is 18.7. The molecule has 5 rings (SSSR count). The molecule has 0 spiro atoms. The van der Waals surface area contributed by atoms with Crippen LogP contribution in [0.5, 0.6) is 0 Å². The van der Waals surface area contributed by atoms with Crippen LogP contribution in [0, 0.1) is 17.8 Å². The van der Waals surface area contributed by atoms with Gasteiger partial charge in [0.1, 0.15) is 30.0 Å². The molecule has 4 aliphatic heterocycles. The Hall–Kier alpha value is -1.77. The Morgan fingerprint density at radius 1 is 1.05 bits per heavy atom. The number of carbonyl (C=O) groups is 1. The molecule has 332 valence electrons. The molecule has 4 fully saturated rings. The molecule has 17 heteroatoms. The topological polar surface area (TPSA) is 180 Å². The Kier molecular flexibility index (Phi) is 15.2. The van der Waals surface area contributed by atoms with E-state index < -0.39 is 96.0 Å². The van der Waals surface area contributed by atoms with Crippen LogP contribution >= 0.6 is 0 Å². The van der Waals surface area contributed by atoms with Crippen molar-refractivity contribution in [1.29, 1.82) is 0 Å². The van der Waals surface area contributed by atoms with Gasteiger partial charge in [-0.3, -0.25) is 4.79 Å². The Labute approximate surface area is 346 Å². The number of methoxy groups -OCH3 is 1. The molecule has 3 N–H and O–H groups in total. The fraction of sp³-hybridized carbons (Fsp3) is 0.927. The second-order valence-electron chi connectivity index (χ2n) is 18.9. The van der Waals surface area contributed by atoms with E-state index in [1.54, 1.807) is 25.6 Å². The van der Waals surface area contributed by atoms with Gasteiger partial charge >= 0.3 is 5.97 Å². The van der Waals surface area contributed by atoms with Gasteiger partial charge in [0.25, 0.3) is 7.98 Å². The van der Waals surface area contributed by atoms with Gasteiger partial charge in [-0.1, -0.05) is 26.0 Å². The summed E-state index contributed by atoms with van der Waals surface area (Å²) in [7, 11) is 7.45. The summed E-state index contributed by atoms with van der Waals surface area (Å²) < 4.78 is 47.9. The van der Waals surface area contributed by atoms with Gasteiger partial charge < -0.3 is 62.9 Å². The van der Waals surface area contributed by atoms with Crippen LogP contribution in [0.3, 0.4) is 0 Å². The summed E-state index contributed by atoms with van der Waals surface area (Å²) in [6.07, 6.45) is -2.93. The van der Waals surface area contributed by atoms with Crippen molar-refractivity contribution in [3.63, 3.8) is 0 Å². The number of likely N-dealkylation sites (N-methyl/N-ethyl adjacent to an activating group) is 2. The van der Waals surface area contributed by atoms with Gasteiger partial charge in [-0.2, -0.15) is 0 Å². The number of aliphatic hydroxyl groups is 3. The minimum absolute atomic E-state index is 0.0345. The van der Waals surface area contributed by atoms with Gasteiger partial charge in [-0.15, -0.1) is 5.10 Å². The predicted octanol–water partition coefficient (Wildman–Crippen LogP) is 1.55. The average molecular weight is 824 g/mol. The summed E-state index contributed by atoms with van der Waals surface area (Å²) in [6.45, 7) is 20.2. The maximum Gasteiger partial charge on any atom is 0.311 e. The first-order valence-corrected chi connectivity index (χ1v) is 21.4. The number of cyclic esters (lactones) is 1. The summed E-state index contributed by atoms with van der Waals surface area (Å²) in [5, 5.41) is 42.9. The second kappa shape index (κ2) is 18.7. The summed E-state index contributed by atoms with van der Waals surface area (Å²) >= 11 is 0. The molecule has 1 aromatic heterocycles. The number of ether oxygens (including phenoxy) is 7. The summed E-state index contributed by atoms with van der Waals surface area (Å²) in [6, 6.07) is -0.511. The van der Waals surface area contributed by atoms with E-state index in [2.05, 4.69) is 43.0 Å². The van der Waals surface area contributed by atoms with Crippen LogP contribution in [0.4, 0.5) is 0 Å². The molecule has 58 heavy (non-hydrogen) atoms. The van der Waals surface area contributed by atoms with Crippen LogP contribution in [-0.2, 0) is 44.4 Å². The highest BCUT2D eigenvalue weighted by atomic mass is 16.7. The van der Waals surface area contributed by atoms with Gasteiger partial charge in [0.15, 0.2) is 12.6 Å². The van der Waals surface area contributed by atoms with Crippen LogP contribution in [-0.4, -0.2) is 179 Å². The van der Waals surface area contributed by atoms with Gasteiger partial charge in [-0.25, -0.2) is 0 Å². The van der Waals surface area contributed by atoms with E-state index in [-0.39, 0.29) is 30.9 Å². The van der Waals surface area contributed by atoms with Gasteiger partial charge in [0.2, 0.25) is 0 Å². The van der Waals surface area contributed by atoms with Crippen molar-refractivity contribution < 1.29 is 53.3 Å². The van der Waals surface area contributed by atoms with Gasteiger partial charge in [-0.05, 0) is 87.7 Å². The molecule has 16 nitrogen and oxygen atoms in total. The molecule has 0 amide bonds. The minimum atomic E-state index is -1.76. The molecule has 0 unspecified atom stereocenters. The first-order valence-electron chi connectivity index (χ1n) is 21.4. The number of carbonyl (C=O) groups excluding carboxylic acids is 1. The number of rotatable bonds is 8. The molecule has 0 radical (unpaired) electrons. The molecule has 0 saturated carbocycles. The lowest BCUT2D eigenvalue weighted by Gasteiger charge is -2.56. The molecule has 0 bridgehead atoms. The maximum absolute atomic E-state index is 14.4. The van der Waals surface area contributed by atoms with Crippen molar-refractivity contribution in [3.8, 4) is 0 Å². The molecule has 0 aromatic carbocycles. The van der Waals surface area contributed by atoms with Crippen LogP contribution in [0.1, 0.15) is 101 Å². The molecule has 5 heterocycles. The predicted molar refractivity (Wildman–Crippen MR) is 217 cm³/mol. The Morgan fingerprint density at radius 2 is 1.74 bits per heavy atom. The quantitative estimate of drug-likeness (QED) is 0.254. The average Bonchev–Trinajstić information content (AvgIpc) is 3.59. The fourth-order valence-electron chi connectivity index (χ4n) is 10.1. The number of fused-ring (bicyclic) bond motifs is 2. The zero-order valence-electron chi connectivity index (χ0n) is 37.5. The highest BCUT2D eigenvalue weighted by molar-refractivity contribution is 6.05. The number of nitrogens with zero attached hydrogens (tertiary/aromatic N) is 5. The molecular formula is C41H74BN5O11. The van der Waals surface area contributed by atoms with E-state index in [9.17, 15) is 20.1 Å². The smallest absolute Gasteiger partial charge is 0.311 e. The monoisotopic (exact) mass is 824 g/mol. The number of hydrogen-bond acceptors (Lipinski definition) is 15. The van der Waals surface area contributed by atoms with Crippen molar-refractivity contribution in [2.45, 2.75) is 192 Å². The lowest BCUT2D eigenvalue weighted by atomic mass is 9.76. The first kappa shape index (κ1) is 47.3. The third-order valence-corrected chi connectivity index (χ3v) is 13.8. The summed E-state index contributed by atoms with van der Waals surface area (Å²) in [5.74, 6) is -1.95. The van der Waals surface area contributed by atoms with Crippen LogP contribution in [0.25, 0.3) is 0 Å². The van der Waals surface area contributed by atoms with E-state index in [0.29, 0.717) is 13.0 Å². The zero-order valence-corrected chi connectivity index (χ0v) is 37.5. The molecular weight excluding hydrogens is 749 g/mol. The number of hydrogen-bond donors (Lipinski definition) is 3. The van der Waals surface area contributed by atoms with Crippen molar-refractivity contribution in [2.75, 3.05) is 34.3 Å². The van der Waals surface area contributed by atoms with E-state index >= 15 is 0 Å². The Morgan fingerprint density at radius 3 is 2.36 bits per heavy atom. The number of aromatic nitrogens is 3. The molecule has 18 atom stereocenters. The molecule has 4 saturated heterocycles. The molecule has 0 aliphatic carbocycles. The highest BCUT2D eigenvalue weighted by Gasteiger charge is 2.57. The van der Waals surface area contributed by atoms with Crippen molar-refractivity contribution >= 4 is 14.0 Å². The van der Waals surface area contributed by atoms with E-state index in [0.717, 1.165) is 25.1 Å². The van der Waals surface area contributed by atoms with Crippen molar-refractivity contribution in [3.05, 3.63) is 11.9 Å². The molecule has 1 aromatic rings. The van der Waals surface area contributed by atoms with E-state index in [1.165, 1.54) is 6.92 Å². The SMILES string of the molecule is Bn1cc(CCN(C)[C@H]2C[C@@H](C)O[C@H]3O[C@@H]4[C@@H](C)[C@H](O[C@H]5C[C@@](C)(OC)[C@@H](O)[C@H](C)O5)[C@@H](C)C(=O)O[C@H](CC)[C@@](C)(O)[C@H](O)[C@@H](C)N(C)C[C@H](C)C[C@@]4(C)O[C@@H]32)nn1. The standard InChI is InChI=1S/C41H74BN5O11/c1-14-30-41(10,51)34(48)26(6)46(12)20-22(2)18-40(9)36(24(4)32(25(5)37(50)55-30)56-31-19-39(8,52-13)35(49)27(7)54-31)57-38-33(58-40)29(17-23(3)53-38)45(11)16-15-28-21-47(42)44-43-28/h21-27,29-36,38,48-49,51H,14-20,42H2,1-13H3/t22-,23-,24+,25-,26-,27+,29+,30-,31+,32+,33-,34-,35+,36-,38+,39-,40-,41-/m1/s1. The Balaban J connectivity index is 1.55. The fourth-order valence-corrected chi connectivity index (χ4v) is 10.1. The van der Waals surface area contributed by atoms with Crippen LogP contribution < -0.4 is 0 Å². The van der Waals surface area contributed by atoms with Gasteiger partial charge in [0.05, 0.1) is 47.2 Å². The van der Waals surface area contributed by atoms with Crippen LogP contribution in [0.2, 0.25) is 0 Å². The third-order valence-electron chi connectivity index (χ3n) is 13.8. The normalized spacial score (nSPS) is 46.4. The van der Waals surface area contributed by atoms with Gasteiger partial charge in [0, 0.05) is 57.2 Å². The largest absolute Gasteiger partial charge is 0.459 e. The minimum Gasteiger partial charge on any atom is -0.459 e. The molecule has 4 aliphatic rings. The zero-order chi connectivity index (χ0) is 43.1. The van der Waals surface area contributed by atoms with Crippen molar-refractivity contribution in [2.24, 2.45) is 17.8 Å². The number of esters is 1. The second-order valence-corrected chi connectivity index (χ2v) is 18.9. The van der Waals surface area contributed by atoms with E-state index in [1.807, 2.05) is 53.8 Å². The summed E-state index contributed by atoms with van der Waals surface area (Å²) in [5.41, 5.74) is -2.72. The van der Waals surface area contributed by atoms with E-state index in [4.69, 9.17) is 33.2 Å². The number of aliphatic hydroxyl groups excluding tert-OH is 2. The third kappa shape index (κ3) is 9.96. The maximum atomic E-state index is 14.4. The van der Waals surface area contributed by atoms with Crippen molar-refractivity contribution in [1.82, 2.24) is 24.7 Å². The lowest BCUT2D eigenvalue weighted by Crippen LogP contribution is -2.68. The first-order chi connectivity index (χ1) is 27.0.